The minimum Gasteiger partial charge on any atom is -0.444 e. The summed E-state index contributed by atoms with van der Waals surface area (Å²) in [6.45, 7) is 5.87. The van der Waals surface area contributed by atoms with Crippen LogP contribution in [-0.4, -0.2) is 52.5 Å². The van der Waals surface area contributed by atoms with Crippen LogP contribution in [0.2, 0.25) is 0 Å². The Morgan fingerprint density at radius 1 is 1.22 bits per heavy atom. The number of amides is 1. The molecule has 2 aliphatic rings. The predicted molar refractivity (Wildman–Crippen MR) is 84.4 cm³/mol. The summed E-state index contributed by atoms with van der Waals surface area (Å²) >= 11 is 0.00413. The zero-order valence-corrected chi connectivity index (χ0v) is 14.6. The zero-order valence-electron chi connectivity index (χ0n) is 13.8. The van der Waals surface area contributed by atoms with Gasteiger partial charge in [0.05, 0.1) is 0 Å². The SMILES string of the molecule is CC(C)(C)OC(=O)N1C2CCC1CC(NCCSC(F)(F)F)C2. The summed E-state index contributed by atoms with van der Waals surface area (Å²) in [5.74, 6) is 0.0190. The quantitative estimate of drug-likeness (QED) is 0.781. The van der Waals surface area contributed by atoms with Crippen LogP contribution in [-0.2, 0) is 4.74 Å². The molecule has 2 heterocycles. The number of piperidine rings is 1. The van der Waals surface area contributed by atoms with Crippen molar-refractivity contribution in [2.24, 2.45) is 0 Å². The van der Waals surface area contributed by atoms with Crippen LogP contribution in [0.5, 0.6) is 0 Å². The van der Waals surface area contributed by atoms with Gasteiger partial charge in [-0.3, -0.25) is 0 Å². The number of nitrogens with one attached hydrogen (secondary N) is 1. The van der Waals surface area contributed by atoms with Crippen molar-refractivity contribution in [1.29, 1.82) is 0 Å². The highest BCUT2D eigenvalue weighted by atomic mass is 32.2. The van der Waals surface area contributed by atoms with Crippen molar-refractivity contribution in [1.82, 2.24) is 10.2 Å². The van der Waals surface area contributed by atoms with E-state index >= 15 is 0 Å². The molecule has 0 spiro atoms. The molecule has 2 saturated heterocycles. The van der Waals surface area contributed by atoms with Crippen molar-refractivity contribution in [3.63, 3.8) is 0 Å². The van der Waals surface area contributed by atoms with Crippen LogP contribution in [0, 0.1) is 0 Å². The molecule has 2 fully saturated rings. The lowest BCUT2D eigenvalue weighted by Crippen LogP contribution is -2.52. The Hall–Kier alpha value is -0.630. The molecule has 0 aromatic heterocycles. The fourth-order valence-corrected chi connectivity index (χ4v) is 3.84. The highest BCUT2D eigenvalue weighted by molar-refractivity contribution is 8.00. The van der Waals surface area contributed by atoms with Crippen LogP contribution in [0.15, 0.2) is 0 Å². The maximum atomic E-state index is 12.3. The van der Waals surface area contributed by atoms with Crippen molar-refractivity contribution >= 4 is 17.9 Å². The molecule has 2 atom stereocenters. The highest BCUT2D eigenvalue weighted by Crippen LogP contribution is 2.37. The average molecular weight is 354 g/mol. The Morgan fingerprint density at radius 2 is 1.78 bits per heavy atom. The number of nitrogens with zero attached hydrogens (tertiary/aromatic N) is 1. The van der Waals surface area contributed by atoms with E-state index < -0.39 is 11.1 Å². The second-order valence-electron chi connectivity index (χ2n) is 7.19. The van der Waals surface area contributed by atoms with E-state index in [0.717, 1.165) is 25.7 Å². The van der Waals surface area contributed by atoms with E-state index in [9.17, 15) is 18.0 Å². The second-order valence-corrected chi connectivity index (χ2v) is 8.35. The molecule has 0 saturated carbocycles. The Labute approximate surface area is 139 Å². The summed E-state index contributed by atoms with van der Waals surface area (Å²) in [5.41, 5.74) is -4.68. The first kappa shape index (κ1) is 18.7. The van der Waals surface area contributed by atoms with Gasteiger partial charge in [0.1, 0.15) is 5.60 Å². The maximum Gasteiger partial charge on any atom is 0.441 e. The van der Waals surface area contributed by atoms with Crippen LogP contribution in [0.4, 0.5) is 18.0 Å². The van der Waals surface area contributed by atoms with E-state index in [-0.39, 0.29) is 41.7 Å². The third-order valence-electron chi connectivity index (χ3n) is 4.14. The molecular weight excluding hydrogens is 329 g/mol. The van der Waals surface area contributed by atoms with Crippen molar-refractivity contribution < 1.29 is 22.7 Å². The Bertz CT molecular complexity index is 412. The summed E-state index contributed by atoms with van der Waals surface area (Å²) < 4.78 is 41.8. The minimum atomic E-state index is -4.17. The van der Waals surface area contributed by atoms with Gasteiger partial charge in [0, 0.05) is 30.4 Å². The zero-order chi connectivity index (χ0) is 17.3. The number of carbonyl (C=O) groups is 1. The average Bonchev–Trinajstić information content (AvgIpc) is 2.63. The number of rotatable bonds is 4. The van der Waals surface area contributed by atoms with E-state index in [2.05, 4.69) is 5.32 Å². The number of carbonyl (C=O) groups excluding carboxylic acids is 1. The molecule has 0 aromatic rings. The van der Waals surface area contributed by atoms with Gasteiger partial charge in [-0.1, -0.05) is 0 Å². The molecule has 0 radical (unpaired) electrons. The standard InChI is InChI=1S/C15H25F3N2O2S/c1-14(2,3)22-13(21)20-11-4-5-12(20)9-10(8-11)19-6-7-23-15(16,17)18/h10-12,19H,4-9H2,1-3H3. The first-order chi connectivity index (χ1) is 10.6. The van der Waals surface area contributed by atoms with Gasteiger partial charge in [0.15, 0.2) is 0 Å². The van der Waals surface area contributed by atoms with Crippen LogP contribution in [0.25, 0.3) is 0 Å². The lowest BCUT2D eigenvalue weighted by atomic mass is 9.98. The predicted octanol–water partition coefficient (Wildman–Crippen LogP) is 3.76. The first-order valence-corrected chi connectivity index (χ1v) is 8.99. The van der Waals surface area contributed by atoms with Crippen molar-refractivity contribution in [2.75, 3.05) is 12.3 Å². The molecule has 4 nitrogen and oxygen atoms in total. The molecular formula is C15H25F3N2O2S. The smallest absolute Gasteiger partial charge is 0.441 e. The van der Waals surface area contributed by atoms with E-state index in [4.69, 9.17) is 4.74 Å². The van der Waals surface area contributed by atoms with Gasteiger partial charge in [0.2, 0.25) is 0 Å². The van der Waals surface area contributed by atoms with E-state index in [1.165, 1.54) is 0 Å². The van der Waals surface area contributed by atoms with Gasteiger partial charge in [-0.25, -0.2) is 4.79 Å². The molecule has 0 aromatic carbocycles. The maximum absolute atomic E-state index is 12.3. The number of ether oxygens (including phenoxy) is 1. The van der Waals surface area contributed by atoms with Crippen LogP contribution in [0.1, 0.15) is 46.5 Å². The summed E-state index contributed by atoms with van der Waals surface area (Å²) in [7, 11) is 0. The first-order valence-electron chi connectivity index (χ1n) is 8.00. The molecule has 2 unspecified atom stereocenters. The lowest BCUT2D eigenvalue weighted by molar-refractivity contribution is -0.0328. The van der Waals surface area contributed by atoms with Gasteiger partial charge >= 0.3 is 11.6 Å². The lowest BCUT2D eigenvalue weighted by Gasteiger charge is -2.39. The number of hydrogen-bond donors (Lipinski definition) is 1. The summed E-state index contributed by atoms with van der Waals surface area (Å²) in [6, 6.07) is 0.452. The Kier molecular flexibility index (Phi) is 5.76. The second kappa shape index (κ2) is 7.09. The molecule has 23 heavy (non-hydrogen) atoms. The van der Waals surface area contributed by atoms with E-state index in [0.29, 0.717) is 6.54 Å². The molecule has 1 amide bonds. The third kappa shape index (κ3) is 5.74. The topological polar surface area (TPSA) is 41.6 Å². The van der Waals surface area contributed by atoms with Crippen molar-refractivity contribution in [3.05, 3.63) is 0 Å². The van der Waals surface area contributed by atoms with Gasteiger partial charge in [0.25, 0.3) is 0 Å². The summed E-state index contributed by atoms with van der Waals surface area (Å²) in [4.78, 5) is 14.1. The largest absolute Gasteiger partial charge is 0.444 e. The number of thioether (sulfide) groups is 1. The third-order valence-corrected chi connectivity index (χ3v) is 4.87. The van der Waals surface area contributed by atoms with Crippen molar-refractivity contribution in [3.8, 4) is 0 Å². The fraction of sp³-hybridized carbons (Fsp3) is 0.933. The number of alkyl halides is 3. The molecule has 8 heteroatoms. The van der Waals surface area contributed by atoms with Crippen LogP contribution < -0.4 is 5.32 Å². The Balaban J connectivity index is 1.79. The monoisotopic (exact) mass is 354 g/mol. The van der Waals surface area contributed by atoms with Gasteiger partial charge in [-0.05, 0) is 58.2 Å². The van der Waals surface area contributed by atoms with Crippen molar-refractivity contribution in [2.45, 2.75) is 75.7 Å². The van der Waals surface area contributed by atoms with Gasteiger partial charge in [-0.15, -0.1) is 0 Å². The normalized spacial score (nSPS) is 28.1. The van der Waals surface area contributed by atoms with E-state index in [1.807, 2.05) is 25.7 Å². The summed E-state index contributed by atoms with van der Waals surface area (Å²) in [5, 5.41) is 3.20. The minimum absolute atomic E-state index is 0.00413. The fourth-order valence-electron chi connectivity index (χ4n) is 3.39. The molecule has 2 bridgehead atoms. The molecule has 2 aliphatic heterocycles. The van der Waals surface area contributed by atoms with Gasteiger partial charge < -0.3 is 15.0 Å². The molecule has 0 aliphatic carbocycles. The van der Waals surface area contributed by atoms with Crippen LogP contribution >= 0.6 is 11.8 Å². The van der Waals surface area contributed by atoms with Crippen LogP contribution in [0.3, 0.4) is 0 Å². The molecule has 134 valence electrons. The summed E-state index contributed by atoms with van der Waals surface area (Å²) in [6.07, 6.45) is 3.19. The highest BCUT2D eigenvalue weighted by Gasteiger charge is 2.44. The molecule has 2 rings (SSSR count). The Morgan fingerprint density at radius 3 is 2.26 bits per heavy atom. The number of halogens is 3. The van der Waals surface area contributed by atoms with E-state index in [1.54, 1.807) is 0 Å². The van der Waals surface area contributed by atoms with Gasteiger partial charge in [-0.2, -0.15) is 13.2 Å². The molecule has 1 N–H and O–H groups in total. The number of fused-ring (bicyclic) bond motifs is 2. The number of hydrogen-bond acceptors (Lipinski definition) is 4.